The third kappa shape index (κ3) is 4.24. The fourth-order valence-corrected chi connectivity index (χ4v) is 3.78. The Morgan fingerprint density at radius 1 is 1.39 bits per heavy atom. The van der Waals surface area contributed by atoms with E-state index in [0.717, 1.165) is 6.42 Å². The van der Waals surface area contributed by atoms with E-state index in [1.807, 2.05) is 0 Å². The second-order valence-electron chi connectivity index (χ2n) is 6.02. The Bertz CT molecular complexity index is 397. The minimum atomic E-state index is -3.28. The van der Waals surface area contributed by atoms with Gasteiger partial charge in [0.2, 0.25) is 10.0 Å². The maximum atomic E-state index is 12.0. The van der Waals surface area contributed by atoms with Gasteiger partial charge in [-0.25, -0.2) is 12.7 Å². The molecule has 0 spiro atoms. The van der Waals surface area contributed by atoms with Crippen LogP contribution in [0.15, 0.2) is 0 Å². The van der Waals surface area contributed by atoms with E-state index in [0.29, 0.717) is 19.0 Å². The standard InChI is InChI=1S/C12H23NO4S/c1-12(2,3)10-6-7-13(9-10)18(16,17)8-4-5-11(14)15/h10H,4-9H2,1-3H3,(H,14,15). The lowest BCUT2D eigenvalue weighted by atomic mass is 9.80. The van der Waals surface area contributed by atoms with E-state index in [4.69, 9.17) is 5.11 Å². The Morgan fingerprint density at radius 3 is 2.44 bits per heavy atom. The highest BCUT2D eigenvalue weighted by Gasteiger charge is 2.36. The summed E-state index contributed by atoms with van der Waals surface area (Å²) >= 11 is 0. The van der Waals surface area contributed by atoms with Crippen LogP contribution in [0.1, 0.15) is 40.0 Å². The van der Waals surface area contributed by atoms with Crippen LogP contribution in [0, 0.1) is 11.3 Å². The van der Waals surface area contributed by atoms with Gasteiger partial charge in [-0.2, -0.15) is 0 Å². The van der Waals surface area contributed by atoms with Crippen LogP contribution in [-0.4, -0.2) is 42.6 Å². The van der Waals surface area contributed by atoms with Gasteiger partial charge in [0.1, 0.15) is 0 Å². The molecule has 106 valence electrons. The highest BCUT2D eigenvalue weighted by atomic mass is 32.2. The summed E-state index contributed by atoms with van der Waals surface area (Å²) in [5.74, 6) is -0.623. The molecule has 0 aromatic rings. The van der Waals surface area contributed by atoms with E-state index in [1.165, 1.54) is 4.31 Å². The number of hydrogen-bond donors (Lipinski definition) is 1. The largest absolute Gasteiger partial charge is 0.481 e. The number of carbonyl (C=O) groups is 1. The lowest BCUT2D eigenvalue weighted by molar-refractivity contribution is -0.137. The van der Waals surface area contributed by atoms with Crippen LogP contribution in [0.4, 0.5) is 0 Å². The molecule has 1 saturated heterocycles. The van der Waals surface area contributed by atoms with E-state index in [-0.39, 0.29) is 24.0 Å². The molecule has 1 N–H and O–H groups in total. The summed E-state index contributed by atoms with van der Waals surface area (Å²) in [7, 11) is -3.28. The molecular weight excluding hydrogens is 254 g/mol. The molecule has 0 aromatic heterocycles. The van der Waals surface area contributed by atoms with Crippen molar-refractivity contribution in [2.75, 3.05) is 18.8 Å². The maximum absolute atomic E-state index is 12.0. The average Bonchev–Trinajstić information content (AvgIpc) is 2.64. The highest BCUT2D eigenvalue weighted by Crippen LogP contribution is 2.34. The molecule has 5 nitrogen and oxygen atoms in total. The molecule has 1 unspecified atom stereocenters. The summed E-state index contributed by atoms with van der Waals surface area (Å²) in [6.07, 6.45) is 0.992. The predicted molar refractivity (Wildman–Crippen MR) is 69.8 cm³/mol. The topological polar surface area (TPSA) is 74.7 Å². The monoisotopic (exact) mass is 277 g/mol. The SMILES string of the molecule is CC(C)(C)C1CCN(S(=O)(=O)CCCC(=O)O)C1. The number of carboxylic acid groups (broad SMARTS) is 1. The van der Waals surface area contributed by atoms with Gasteiger partial charge in [0, 0.05) is 19.5 Å². The Kier molecular flexibility index (Phi) is 4.78. The van der Waals surface area contributed by atoms with Crippen LogP contribution in [-0.2, 0) is 14.8 Å². The van der Waals surface area contributed by atoms with Gasteiger partial charge < -0.3 is 5.11 Å². The second-order valence-corrected chi connectivity index (χ2v) is 8.11. The zero-order chi connectivity index (χ0) is 14.0. The molecule has 1 aliphatic rings. The Morgan fingerprint density at radius 2 is 2.00 bits per heavy atom. The van der Waals surface area contributed by atoms with Crippen molar-refractivity contribution in [2.45, 2.75) is 40.0 Å². The number of nitrogens with zero attached hydrogens (tertiary/aromatic N) is 1. The Balaban J connectivity index is 2.53. The fraction of sp³-hybridized carbons (Fsp3) is 0.917. The molecule has 0 bridgehead atoms. The summed E-state index contributed by atoms with van der Waals surface area (Å²) in [5.41, 5.74) is 0.116. The molecule has 1 heterocycles. The van der Waals surface area contributed by atoms with Gasteiger partial charge in [0.25, 0.3) is 0 Å². The number of aliphatic carboxylic acids is 1. The molecule has 0 aromatic carbocycles. The zero-order valence-corrected chi connectivity index (χ0v) is 12.2. The van der Waals surface area contributed by atoms with Crippen molar-refractivity contribution in [3.05, 3.63) is 0 Å². The van der Waals surface area contributed by atoms with Gasteiger partial charge in [0.15, 0.2) is 0 Å². The van der Waals surface area contributed by atoms with Crippen molar-refractivity contribution in [3.8, 4) is 0 Å². The first kappa shape index (κ1) is 15.4. The van der Waals surface area contributed by atoms with Gasteiger partial charge in [0.05, 0.1) is 5.75 Å². The van der Waals surface area contributed by atoms with Crippen molar-refractivity contribution in [3.63, 3.8) is 0 Å². The van der Waals surface area contributed by atoms with Crippen molar-refractivity contribution in [1.29, 1.82) is 0 Å². The molecule has 0 radical (unpaired) electrons. The van der Waals surface area contributed by atoms with E-state index in [2.05, 4.69) is 20.8 Å². The van der Waals surface area contributed by atoms with E-state index >= 15 is 0 Å². The van der Waals surface area contributed by atoms with Gasteiger partial charge in [-0.05, 0) is 24.2 Å². The van der Waals surface area contributed by atoms with Gasteiger partial charge in [-0.1, -0.05) is 20.8 Å². The summed E-state index contributed by atoms with van der Waals surface area (Å²) in [6, 6.07) is 0. The third-order valence-electron chi connectivity index (χ3n) is 3.56. The molecule has 1 fully saturated rings. The first-order valence-electron chi connectivity index (χ1n) is 6.32. The predicted octanol–water partition coefficient (Wildman–Crippen LogP) is 1.55. The van der Waals surface area contributed by atoms with Crippen LogP contribution in [0.5, 0.6) is 0 Å². The van der Waals surface area contributed by atoms with Gasteiger partial charge in [-0.15, -0.1) is 0 Å². The molecular formula is C12H23NO4S. The first-order chi connectivity index (χ1) is 8.13. The Labute approximate surface area is 109 Å². The van der Waals surface area contributed by atoms with Crippen LogP contribution in [0.2, 0.25) is 0 Å². The summed E-state index contributed by atoms with van der Waals surface area (Å²) in [6.45, 7) is 7.50. The average molecular weight is 277 g/mol. The highest BCUT2D eigenvalue weighted by molar-refractivity contribution is 7.89. The molecule has 6 heteroatoms. The number of hydrogen-bond acceptors (Lipinski definition) is 3. The minimum Gasteiger partial charge on any atom is -0.481 e. The Hall–Kier alpha value is -0.620. The summed E-state index contributed by atoms with van der Waals surface area (Å²) in [4.78, 5) is 10.4. The first-order valence-corrected chi connectivity index (χ1v) is 7.93. The normalized spacial score (nSPS) is 22.3. The molecule has 0 saturated carbocycles. The van der Waals surface area contributed by atoms with Crippen molar-refractivity contribution >= 4 is 16.0 Å². The van der Waals surface area contributed by atoms with Crippen LogP contribution in [0.3, 0.4) is 0 Å². The fourth-order valence-electron chi connectivity index (χ4n) is 2.22. The summed E-state index contributed by atoms with van der Waals surface area (Å²) < 4.78 is 25.6. The minimum absolute atomic E-state index is 0.0594. The number of carboxylic acids is 1. The molecule has 1 aliphatic heterocycles. The van der Waals surface area contributed by atoms with E-state index in [9.17, 15) is 13.2 Å². The molecule has 0 aliphatic carbocycles. The van der Waals surface area contributed by atoms with Crippen LogP contribution < -0.4 is 0 Å². The van der Waals surface area contributed by atoms with Gasteiger partial charge >= 0.3 is 5.97 Å². The molecule has 0 amide bonds. The van der Waals surface area contributed by atoms with Crippen molar-refractivity contribution < 1.29 is 18.3 Å². The third-order valence-corrected chi connectivity index (χ3v) is 5.49. The maximum Gasteiger partial charge on any atom is 0.303 e. The van der Waals surface area contributed by atoms with E-state index in [1.54, 1.807) is 0 Å². The van der Waals surface area contributed by atoms with E-state index < -0.39 is 16.0 Å². The van der Waals surface area contributed by atoms with Gasteiger partial charge in [-0.3, -0.25) is 4.79 Å². The van der Waals surface area contributed by atoms with Crippen molar-refractivity contribution in [2.24, 2.45) is 11.3 Å². The number of sulfonamides is 1. The number of rotatable bonds is 5. The van der Waals surface area contributed by atoms with Crippen molar-refractivity contribution in [1.82, 2.24) is 4.31 Å². The van der Waals surface area contributed by atoms with Crippen LogP contribution in [0.25, 0.3) is 0 Å². The molecule has 1 rings (SSSR count). The molecule has 18 heavy (non-hydrogen) atoms. The quantitative estimate of drug-likeness (QED) is 0.827. The smallest absolute Gasteiger partial charge is 0.303 e. The lowest BCUT2D eigenvalue weighted by Crippen LogP contribution is -2.33. The lowest BCUT2D eigenvalue weighted by Gasteiger charge is -2.26. The second kappa shape index (κ2) is 5.57. The zero-order valence-electron chi connectivity index (χ0n) is 11.3. The van der Waals surface area contributed by atoms with Crippen LogP contribution >= 0.6 is 0 Å². The summed E-state index contributed by atoms with van der Waals surface area (Å²) in [5, 5.41) is 8.52. The molecule has 1 atom stereocenters.